The molecule has 0 fully saturated rings. The zero-order valence-electron chi connectivity index (χ0n) is 14.9. The van der Waals surface area contributed by atoms with Gasteiger partial charge >= 0.3 is 0 Å². The molecule has 0 aliphatic rings. The molecule has 0 aromatic heterocycles. The minimum absolute atomic E-state index is 0.0824. The first kappa shape index (κ1) is 19.6. The van der Waals surface area contributed by atoms with Crippen LogP contribution in [0.2, 0.25) is 0 Å². The average Bonchev–Trinajstić information content (AvgIpc) is 2.65. The first-order valence-electron chi connectivity index (χ1n) is 8.36. The Morgan fingerprint density at radius 3 is 1.58 bits per heavy atom. The van der Waals surface area contributed by atoms with Gasteiger partial charge in [-0.15, -0.1) is 0 Å². The fourth-order valence-corrected chi connectivity index (χ4v) is 4.44. The van der Waals surface area contributed by atoms with E-state index in [-0.39, 0.29) is 10.9 Å². The number of ether oxygens (including phenoxy) is 1. The molecule has 3 nitrogen and oxygen atoms in total. The summed E-state index contributed by atoms with van der Waals surface area (Å²) >= 11 is 0. The van der Waals surface area contributed by atoms with E-state index in [0.29, 0.717) is 6.61 Å². The lowest BCUT2D eigenvalue weighted by atomic mass is 10.3. The number of hydrogen-bond acceptors (Lipinski definition) is 3. The summed E-state index contributed by atoms with van der Waals surface area (Å²) in [6.45, 7) is 3.68. The molecule has 4 heteroatoms. The highest BCUT2D eigenvalue weighted by atomic mass is 32.2. The van der Waals surface area contributed by atoms with E-state index in [9.17, 15) is 0 Å². The van der Waals surface area contributed by atoms with Crippen molar-refractivity contribution in [3.05, 3.63) is 84.9 Å². The molecule has 0 radical (unpaired) electrons. The van der Waals surface area contributed by atoms with Crippen LogP contribution in [0.4, 0.5) is 0 Å². The van der Waals surface area contributed by atoms with Gasteiger partial charge in [0.2, 0.25) is 0 Å². The van der Waals surface area contributed by atoms with Crippen LogP contribution in [0.5, 0.6) is 5.75 Å². The number of benzene rings is 3. The summed E-state index contributed by atoms with van der Waals surface area (Å²) < 4.78 is 5.56. The maximum absolute atomic E-state index is 8.89. The SMILES string of the molecule is CC(=O)[O-].CCOc1ccc([S+](c2ccccc2)c2ccccc2)cc1. The molecule has 0 heterocycles. The highest BCUT2D eigenvalue weighted by Crippen LogP contribution is 2.31. The summed E-state index contributed by atoms with van der Waals surface area (Å²) in [6, 6.07) is 29.8. The fourth-order valence-electron chi connectivity index (χ4n) is 2.36. The van der Waals surface area contributed by atoms with Crippen molar-refractivity contribution in [3.63, 3.8) is 0 Å². The van der Waals surface area contributed by atoms with E-state index in [2.05, 4.69) is 84.9 Å². The molecule has 0 bridgehead atoms. The summed E-state index contributed by atoms with van der Waals surface area (Å²) in [5.41, 5.74) is 0. The molecule has 0 saturated carbocycles. The second-order valence-electron chi connectivity index (χ2n) is 5.33. The topological polar surface area (TPSA) is 49.4 Å². The fraction of sp³-hybridized carbons (Fsp3) is 0.136. The molecule has 0 amide bonds. The van der Waals surface area contributed by atoms with Crippen LogP contribution in [0.15, 0.2) is 99.6 Å². The zero-order chi connectivity index (χ0) is 18.8. The second kappa shape index (κ2) is 10.3. The Hall–Kier alpha value is -2.72. The smallest absolute Gasteiger partial charge is 0.166 e. The summed E-state index contributed by atoms with van der Waals surface area (Å²) in [7, 11) is -0.0824. The Morgan fingerprint density at radius 1 is 0.808 bits per heavy atom. The van der Waals surface area contributed by atoms with Gasteiger partial charge < -0.3 is 14.6 Å². The van der Waals surface area contributed by atoms with Crippen LogP contribution in [-0.4, -0.2) is 12.6 Å². The summed E-state index contributed by atoms with van der Waals surface area (Å²) in [5, 5.41) is 8.89. The van der Waals surface area contributed by atoms with Crippen LogP contribution >= 0.6 is 0 Å². The van der Waals surface area contributed by atoms with Crippen LogP contribution in [0.1, 0.15) is 13.8 Å². The quantitative estimate of drug-likeness (QED) is 0.643. The monoisotopic (exact) mass is 366 g/mol. The van der Waals surface area contributed by atoms with E-state index in [1.165, 1.54) is 14.7 Å². The molecular formula is C22H22O3S. The third-order valence-corrected chi connectivity index (χ3v) is 5.56. The molecule has 0 aliphatic heterocycles. The third kappa shape index (κ3) is 5.97. The maximum atomic E-state index is 8.89. The van der Waals surface area contributed by atoms with E-state index < -0.39 is 5.97 Å². The molecule has 0 saturated heterocycles. The average molecular weight is 366 g/mol. The second-order valence-corrected chi connectivity index (χ2v) is 7.35. The van der Waals surface area contributed by atoms with Gasteiger partial charge in [-0.3, -0.25) is 0 Å². The minimum Gasteiger partial charge on any atom is -0.550 e. The Kier molecular flexibility index (Phi) is 7.77. The summed E-state index contributed by atoms with van der Waals surface area (Å²) in [5.74, 6) is -0.157. The van der Waals surface area contributed by atoms with Gasteiger partial charge in [0.15, 0.2) is 14.7 Å². The largest absolute Gasteiger partial charge is 0.550 e. The van der Waals surface area contributed by atoms with Crippen molar-refractivity contribution >= 4 is 16.9 Å². The third-order valence-electron chi connectivity index (χ3n) is 3.33. The summed E-state index contributed by atoms with van der Waals surface area (Å²) in [4.78, 5) is 12.9. The van der Waals surface area contributed by atoms with Crippen LogP contribution in [-0.2, 0) is 15.7 Å². The predicted molar refractivity (Wildman–Crippen MR) is 103 cm³/mol. The Balaban J connectivity index is 0.000000552. The van der Waals surface area contributed by atoms with Gasteiger partial charge in [-0.1, -0.05) is 36.4 Å². The lowest BCUT2D eigenvalue weighted by Crippen LogP contribution is -2.16. The number of carboxylic acid groups (broad SMARTS) is 1. The van der Waals surface area contributed by atoms with Crippen molar-refractivity contribution in [2.45, 2.75) is 28.5 Å². The number of carbonyl (C=O) groups is 1. The van der Waals surface area contributed by atoms with Gasteiger partial charge in [-0.25, -0.2) is 0 Å². The van der Waals surface area contributed by atoms with E-state index in [1.807, 2.05) is 6.92 Å². The molecule has 3 aromatic carbocycles. The Bertz CT molecular complexity index is 743. The van der Waals surface area contributed by atoms with Crippen LogP contribution in [0.25, 0.3) is 0 Å². The number of carboxylic acids is 1. The van der Waals surface area contributed by atoms with E-state index in [4.69, 9.17) is 14.6 Å². The highest BCUT2D eigenvalue weighted by molar-refractivity contribution is 7.97. The first-order valence-corrected chi connectivity index (χ1v) is 9.59. The number of hydrogen-bond donors (Lipinski definition) is 0. The lowest BCUT2D eigenvalue weighted by molar-refractivity contribution is -0.302. The Morgan fingerprint density at radius 2 is 1.19 bits per heavy atom. The molecule has 0 unspecified atom stereocenters. The number of carbonyl (C=O) groups excluding carboxylic acids is 1. The van der Waals surface area contributed by atoms with Crippen molar-refractivity contribution in [1.29, 1.82) is 0 Å². The Labute approximate surface area is 157 Å². The van der Waals surface area contributed by atoms with Crippen LogP contribution < -0.4 is 9.84 Å². The van der Waals surface area contributed by atoms with Crippen molar-refractivity contribution in [2.75, 3.05) is 6.61 Å². The molecule has 3 rings (SSSR count). The van der Waals surface area contributed by atoms with Gasteiger partial charge in [0, 0.05) is 5.97 Å². The van der Waals surface area contributed by atoms with Gasteiger partial charge in [0.05, 0.1) is 17.5 Å². The lowest BCUT2D eigenvalue weighted by Gasteiger charge is -2.08. The molecular weight excluding hydrogens is 344 g/mol. The molecule has 0 spiro atoms. The van der Waals surface area contributed by atoms with Gasteiger partial charge in [0.25, 0.3) is 0 Å². The van der Waals surface area contributed by atoms with Crippen molar-refractivity contribution < 1.29 is 14.6 Å². The zero-order valence-corrected chi connectivity index (χ0v) is 15.7. The molecule has 0 atom stereocenters. The minimum atomic E-state index is -1.08. The van der Waals surface area contributed by atoms with Crippen molar-refractivity contribution in [2.24, 2.45) is 0 Å². The molecule has 0 N–H and O–H groups in total. The number of rotatable bonds is 5. The van der Waals surface area contributed by atoms with Gasteiger partial charge in [-0.05, 0) is 62.4 Å². The maximum Gasteiger partial charge on any atom is 0.166 e. The molecule has 26 heavy (non-hydrogen) atoms. The van der Waals surface area contributed by atoms with E-state index in [0.717, 1.165) is 12.7 Å². The highest BCUT2D eigenvalue weighted by Gasteiger charge is 2.27. The van der Waals surface area contributed by atoms with Crippen molar-refractivity contribution in [3.8, 4) is 5.75 Å². The van der Waals surface area contributed by atoms with E-state index >= 15 is 0 Å². The number of aliphatic carboxylic acids is 1. The van der Waals surface area contributed by atoms with Gasteiger partial charge in [-0.2, -0.15) is 0 Å². The van der Waals surface area contributed by atoms with E-state index in [1.54, 1.807) is 0 Å². The standard InChI is InChI=1S/C20H19OS.C2H4O2/c1-2-21-17-13-15-20(16-14-17)22(18-9-5-3-6-10-18)19-11-7-4-8-12-19;1-2(3)4/h3-16H,2H2,1H3;1H3,(H,3,4)/q+1;/p-1. The van der Waals surface area contributed by atoms with Crippen molar-refractivity contribution in [1.82, 2.24) is 0 Å². The molecule has 0 aliphatic carbocycles. The van der Waals surface area contributed by atoms with Gasteiger partial charge in [0.1, 0.15) is 5.75 Å². The molecule has 3 aromatic rings. The normalized spacial score (nSPS) is 9.96. The first-order chi connectivity index (χ1) is 12.6. The van der Waals surface area contributed by atoms with Crippen LogP contribution in [0, 0.1) is 0 Å². The molecule has 134 valence electrons. The summed E-state index contributed by atoms with van der Waals surface area (Å²) in [6.07, 6.45) is 0. The predicted octanol–water partition coefficient (Wildman–Crippen LogP) is 3.94. The van der Waals surface area contributed by atoms with Crippen LogP contribution in [0.3, 0.4) is 0 Å².